The molecular weight excluding hydrogens is 294 g/mol. The molecule has 0 aliphatic carbocycles. The minimum absolute atomic E-state index is 0.0169. The van der Waals surface area contributed by atoms with E-state index in [-0.39, 0.29) is 5.91 Å². The molecule has 0 aromatic heterocycles. The third-order valence-electron chi connectivity index (χ3n) is 3.27. The molecule has 0 unspecified atom stereocenters. The van der Waals surface area contributed by atoms with Crippen LogP contribution < -0.4 is 10.1 Å². The van der Waals surface area contributed by atoms with Gasteiger partial charge in [-0.15, -0.1) is 11.8 Å². The van der Waals surface area contributed by atoms with Crippen LogP contribution in [-0.2, 0) is 11.2 Å². The van der Waals surface area contributed by atoms with Crippen LogP contribution in [0.3, 0.4) is 0 Å². The Balaban J connectivity index is 1.89. The lowest BCUT2D eigenvalue weighted by Gasteiger charge is -2.10. The first-order valence-corrected chi connectivity index (χ1v) is 8.60. The quantitative estimate of drug-likeness (QED) is 0.771. The fourth-order valence-electron chi connectivity index (χ4n) is 2.15. The largest absolute Gasteiger partial charge is 0.494 e. The van der Waals surface area contributed by atoms with Crippen LogP contribution in [0.25, 0.3) is 0 Å². The molecule has 0 atom stereocenters. The fourth-order valence-corrected chi connectivity index (χ4v) is 2.56. The topological polar surface area (TPSA) is 38.3 Å². The number of thioether (sulfide) groups is 1. The number of benzene rings is 2. The Labute approximate surface area is 136 Å². The molecule has 0 bridgehead atoms. The summed E-state index contributed by atoms with van der Waals surface area (Å²) in [6.07, 6.45) is 3.14. The SMILES string of the molecule is CCOc1ccccc1CCC(=O)Nc1ccc(SC)cc1. The predicted molar refractivity (Wildman–Crippen MR) is 92.8 cm³/mol. The second kappa shape index (κ2) is 8.49. The first kappa shape index (κ1) is 16.4. The Morgan fingerprint density at radius 1 is 1.14 bits per heavy atom. The van der Waals surface area contributed by atoms with E-state index in [9.17, 15) is 4.79 Å². The van der Waals surface area contributed by atoms with E-state index in [2.05, 4.69) is 5.32 Å². The van der Waals surface area contributed by atoms with Crippen molar-refractivity contribution in [2.75, 3.05) is 18.2 Å². The molecule has 116 valence electrons. The van der Waals surface area contributed by atoms with E-state index in [1.807, 2.05) is 61.7 Å². The number of hydrogen-bond donors (Lipinski definition) is 1. The summed E-state index contributed by atoms with van der Waals surface area (Å²) in [4.78, 5) is 13.2. The molecule has 0 saturated carbocycles. The normalized spacial score (nSPS) is 10.3. The number of carbonyl (C=O) groups excluding carboxylic acids is 1. The van der Waals surface area contributed by atoms with Crippen molar-refractivity contribution >= 4 is 23.4 Å². The second-order valence-corrected chi connectivity index (χ2v) is 5.70. The van der Waals surface area contributed by atoms with Crippen molar-refractivity contribution < 1.29 is 9.53 Å². The molecule has 2 aromatic carbocycles. The maximum absolute atomic E-state index is 12.1. The van der Waals surface area contributed by atoms with Crippen molar-refractivity contribution in [1.29, 1.82) is 0 Å². The Morgan fingerprint density at radius 3 is 2.55 bits per heavy atom. The Kier molecular flexibility index (Phi) is 6.34. The van der Waals surface area contributed by atoms with E-state index in [4.69, 9.17) is 4.74 Å². The molecule has 1 N–H and O–H groups in total. The molecule has 2 aromatic rings. The summed E-state index contributed by atoms with van der Waals surface area (Å²) in [7, 11) is 0. The molecule has 1 amide bonds. The summed E-state index contributed by atoms with van der Waals surface area (Å²) in [5.74, 6) is 0.880. The van der Waals surface area contributed by atoms with Gasteiger partial charge in [0.25, 0.3) is 0 Å². The van der Waals surface area contributed by atoms with Gasteiger partial charge in [0.15, 0.2) is 0 Å². The van der Waals surface area contributed by atoms with E-state index < -0.39 is 0 Å². The van der Waals surface area contributed by atoms with Gasteiger partial charge in [0, 0.05) is 17.0 Å². The highest BCUT2D eigenvalue weighted by molar-refractivity contribution is 7.98. The summed E-state index contributed by atoms with van der Waals surface area (Å²) >= 11 is 1.68. The van der Waals surface area contributed by atoms with E-state index >= 15 is 0 Å². The van der Waals surface area contributed by atoms with Crippen LogP contribution in [0.1, 0.15) is 18.9 Å². The van der Waals surface area contributed by atoms with Gasteiger partial charge in [-0.2, -0.15) is 0 Å². The zero-order chi connectivity index (χ0) is 15.8. The van der Waals surface area contributed by atoms with Crippen LogP contribution >= 0.6 is 11.8 Å². The fraction of sp³-hybridized carbons (Fsp3) is 0.278. The number of hydrogen-bond acceptors (Lipinski definition) is 3. The summed E-state index contributed by atoms with van der Waals surface area (Å²) in [5.41, 5.74) is 1.90. The molecular formula is C18H21NO2S. The molecule has 2 rings (SSSR count). The molecule has 0 radical (unpaired) electrons. The highest BCUT2D eigenvalue weighted by Crippen LogP contribution is 2.20. The molecule has 0 aliphatic rings. The van der Waals surface area contributed by atoms with E-state index in [0.29, 0.717) is 19.4 Å². The van der Waals surface area contributed by atoms with E-state index in [1.54, 1.807) is 11.8 Å². The Bertz CT molecular complexity index is 611. The molecule has 0 spiro atoms. The summed E-state index contributed by atoms with van der Waals surface area (Å²) < 4.78 is 5.58. The van der Waals surface area contributed by atoms with Crippen molar-refractivity contribution in [1.82, 2.24) is 0 Å². The third kappa shape index (κ3) is 4.81. The number of rotatable bonds is 7. The van der Waals surface area contributed by atoms with Gasteiger partial charge in [-0.25, -0.2) is 0 Å². The first-order chi connectivity index (χ1) is 10.7. The van der Waals surface area contributed by atoms with Crippen LogP contribution in [0, 0.1) is 0 Å². The molecule has 0 fully saturated rings. The Morgan fingerprint density at radius 2 is 1.86 bits per heavy atom. The molecule has 0 saturated heterocycles. The van der Waals surface area contributed by atoms with E-state index in [0.717, 1.165) is 17.0 Å². The Hall–Kier alpha value is -1.94. The van der Waals surface area contributed by atoms with Gasteiger partial charge in [-0.1, -0.05) is 18.2 Å². The van der Waals surface area contributed by atoms with Gasteiger partial charge in [0.1, 0.15) is 5.75 Å². The second-order valence-electron chi connectivity index (χ2n) is 4.82. The average molecular weight is 315 g/mol. The van der Waals surface area contributed by atoms with Crippen molar-refractivity contribution in [3.05, 3.63) is 54.1 Å². The molecule has 3 nitrogen and oxygen atoms in total. The summed E-state index contributed by atoms with van der Waals surface area (Å²) in [5, 5.41) is 2.93. The lowest BCUT2D eigenvalue weighted by atomic mass is 10.1. The van der Waals surface area contributed by atoms with Gasteiger partial charge in [0.05, 0.1) is 6.61 Å². The smallest absolute Gasteiger partial charge is 0.224 e. The summed E-state index contributed by atoms with van der Waals surface area (Å²) in [6.45, 7) is 2.59. The lowest BCUT2D eigenvalue weighted by molar-refractivity contribution is -0.116. The molecule has 22 heavy (non-hydrogen) atoms. The van der Waals surface area contributed by atoms with Crippen molar-refractivity contribution in [3.63, 3.8) is 0 Å². The van der Waals surface area contributed by atoms with Gasteiger partial charge in [-0.05, 0) is 55.5 Å². The number of nitrogens with one attached hydrogen (secondary N) is 1. The number of carbonyl (C=O) groups is 1. The minimum Gasteiger partial charge on any atom is -0.494 e. The van der Waals surface area contributed by atoms with Gasteiger partial charge in [0.2, 0.25) is 5.91 Å². The molecule has 0 heterocycles. The van der Waals surface area contributed by atoms with Crippen LogP contribution in [-0.4, -0.2) is 18.8 Å². The number of para-hydroxylation sites is 1. The van der Waals surface area contributed by atoms with Gasteiger partial charge >= 0.3 is 0 Å². The van der Waals surface area contributed by atoms with Crippen LogP contribution in [0.5, 0.6) is 5.75 Å². The van der Waals surface area contributed by atoms with Gasteiger partial charge < -0.3 is 10.1 Å². The molecule has 0 aliphatic heterocycles. The summed E-state index contributed by atoms with van der Waals surface area (Å²) in [6, 6.07) is 15.7. The van der Waals surface area contributed by atoms with Crippen molar-refractivity contribution in [3.8, 4) is 5.75 Å². The minimum atomic E-state index is 0.0169. The highest BCUT2D eigenvalue weighted by Gasteiger charge is 2.07. The number of anilines is 1. The van der Waals surface area contributed by atoms with E-state index in [1.165, 1.54) is 4.90 Å². The lowest BCUT2D eigenvalue weighted by Crippen LogP contribution is -2.12. The van der Waals surface area contributed by atoms with Crippen LogP contribution in [0.15, 0.2) is 53.4 Å². The molecule has 4 heteroatoms. The number of amides is 1. The zero-order valence-corrected chi connectivity index (χ0v) is 13.8. The van der Waals surface area contributed by atoms with Crippen molar-refractivity contribution in [2.24, 2.45) is 0 Å². The number of aryl methyl sites for hydroxylation is 1. The third-order valence-corrected chi connectivity index (χ3v) is 4.01. The van der Waals surface area contributed by atoms with Crippen molar-refractivity contribution in [2.45, 2.75) is 24.7 Å². The van der Waals surface area contributed by atoms with Crippen LogP contribution in [0.4, 0.5) is 5.69 Å². The van der Waals surface area contributed by atoms with Crippen LogP contribution in [0.2, 0.25) is 0 Å². The zero-order valence-electron chi connectivity index (χ0n) is 13.0. The maximum atomic E-state index is 12.1. The maximum Gasteiger partial charge on any atom is 0.224 e. The average Bonchev–Trinajstić information content (AvgIpc) is 2.55. The number of ether oxygens (including phenoxy) is 1. The monoisotopic (exact) mass is 315 g/mol. The van der Waals surface area contributed by atoms with Gasteiger partial charge in [-0.3, -0.25) is 4.79 Å². The first-order valence-electron chi connectivity index (χ1n) is 7.37. The standard InChI is InChI=1S/C18H21NO2S/c1-3-21-17-7-5-4-6-14(17)8-13-18(20)19-15-9-11-16(22-2)12-10-15/h4-7,9-12H,3,8,13H2,1-2H3,(H,19,20). The highest BCUT2D eigenvalue weighted by atomic mass is 32.2. The predicted octanol–water partition coefficient (Wildman–Crippen LogP) is 4.38.